The fourth-order valence-corrected chi connectivity index (χ4v) is 2.75. The Morgan fingerprint density at radius 1 is 1.24 bits per heavy atom. The molecule has 2 aromatic rings. The molecule has 1 aliphatic rings. The standard InChI is InChI=1S/C14H20N6O/c1-3-5-9-7(4-2)17-12-11-8(18-14(16)20-12)6-10(15)19-13(11)21-9/h6-7,9H,3-5H2,1-2H3,(H2,15,19)(H3,16,17,18,20). The van der Waals surface area contributed by atoms with Crippen LogP contribution in [0.15, 0.2) is 6.07 Å². The summed E-state index contributed by atoms with van der Waals surface area (Å²) in [4.78, 5) is 12.9. The summed E-state index contributed by atoms with van der Waals surface area (Å²) in [6, 6.07) is 1.84. The lowest BCUT2D eigenvalue weighted by molar-refractivity contribution is 0.163. The van der Waals surface area contributed by atoms with Crippen molar-refractivity contribution >= 4 is 28.5 Å². The van der Waals surface area contributed by atoms with E-state index in [0.717, 1.165) is 24.6 Å². The van der Waals surface area contributed by atoms with E-state index in [-0.39, 0.29) is 18.1 Å². The molecule has 0 spiro atoms. The Labute approximate surface area is 123 Å². The molecule has 0 aromatic carbocycles. The Kier molecular flexibility index (Phi) is 3.40. The van der Waals surface area contributed by atoms with Crippen molar-refractivity contribution < 1.29 is 4.74 Å². The van der Waals surface area contributed by atoms with E-state index in [1.54, 1.807) is 6.07 Å². The van der Waals surface area contributed by atoms with E-state index >= 15 is 0 Å². The largest absolute Gasteiger partial charge is 0.472 e. The van der Waals surface area contributed by atoms with E-state index in [9.17, 15) is 0 Å². The third-order valence-electron chi connectivity index (χ3n) is 3.73. The van der Waals surface area contributed by atoms with Gasteiger partial charge in [0.25, 0.3) is 0 Å². The van der Waals surface area contributed by atoms with Gasteiger partial charge in [-0.1, -0.05) is 20.3 Å². The molecule has 21 heavy (non-hydrogen) atoms. The number of nitrogens with one attached hydrogen (secondary N) is 1. The Balaban J connectivity index is 2.19. The summed E-state index contributed by atoms with van der Waals surface area (Å²) in [5.41, 5.74) is 12.3. The Morgan fingerprint density at radius 2 is 2.05 bits per heavy atom. The predicted molar refractivity (Wildman–Crippen MR) is 83.2 cm³/mol. The number of nitrogens with zero attached hydrogens (tertiary/aromatic N) is 3. The second kappa shape index (κ2) is 5.23. The van der Waals surface area contributed by atoms with Crippen LogP contribution >= 0.6 is 0 Å². The van der Waals surface area contributed by atoms with Crippen LogP contribution in [-0.4, -0.2) is 27.1 Å². The van der Waals surface area contributed by atoms with Gasteiger partial charge in [0.2, 0.25) is 11.8 Å². The molecular formula is C14H20N6O. The van der Waals surface area contributed by atoms with Crippen molar-refractivity contribution in [3.05, 3.63) is 6.07 Å². The number of nitrogens with two attached hydrogens (primary N) is 2. The van der Waals surface area contributed by atoms with Crippen molar-refractivity contribution in [3.8, 4) is 5.88 Å². The summed E-state index contributed by atoms with van der Waals surface area (Å²) < 4.78 is 6.12. The molecule has 2 atom stereocenters. The van der Waals surface area contributed by atoms with Crippen LogP contribution in [0.25, 0.3) is 10.9 Å². The molecule has 3 rings (SSSR count). The fourth-order valence-electron chi connectivity index (χ4n) is 2.75. The lowest BCUT2D eigenvalue weighted by Gasteiger charge is -2.24. The van der Waals surface area contributed by atoms with Crippen LogP contribution in [-0.2, 0) is 0 Å². The lowest BCUT2D eigenvalue weighted by atomic mass is 10.0. The Bertz CT molecular complexity index is 669. The second-order valence-electron chi connectivity index (χ2n) is 5.28. The summed E-state index contributed by atoms with van der Waals surface area (Å²) in [6.07, 6.45) is 2.89. The quantitative estimate of drug-likeness (QED) is 0.791. The van der Waals surface area contributed by atoms with Crippen molar-refractivity contribution in [3.63, 3.8) is 0 Å². The minimum Gasteiger partial charge on any atom is -0.472 e. The molecule has 0 amide bonds. The zero-order valence-corrected chi connectivity index (χ0v) is 12.3. The summed E-state index contributed by atoms with van der Waals surface area (Å²) >= 11 is 0. The molecule has 7 heteroatoms. The Hall–Kier alpha value is -2.31. The highest BCUT2D eigenvalue weighted by Gasteiger charge is 2.29. The first-order valence-electron chi connectivity index (χ1n) is 7.29. The zero-order chi connectivity index (χ0) is 15.0. The van der Waals surface area contributed by atoms with Crippen molar-refractivity contribution in [2.75, 3.05) is 16.8 Å². The minimum atomic E-state index is 0.0212. The van der Waals surface area contributed by atoms with Gasteiger partial charge in [-0.3, -0.25) is 0 Å². The van der Waals surface area contributed by atoms with E-state index in [0.29, 0.717) is 23.0 Å². The molecule has 0 saturated heterocycles. The van der Waals surface area contributed by atoms with Gasteiger partial charge >= 0.3 is 0 Å². The van der Waals surface area contributed by atoms with Crippen molar-refractivity contribution in [1.29, 1.82) is 0 Å². The van der Waals surface area contributed by atoms with E-state index < -0.39 is 0 Å². The summed E-state index contributed by atoms with van der Waals surface area (Å²) in [5, 5.41) is 4.18. The van der Waals surface area contributed by atoms with Crippen LogP contribution < -0.4 is 21.5 Å². The van der Waals surface area contributed by atoms with E-state index in [1.165, 1.54) is 0 Å². The third-order valence-corrected chi connectivity index (χ3v) is 3.73. The molecule has 3 heterocycles. The maximum Gasteiger partial charge on any atom is 0.229 e. The van der Waals surface area contributed by atoms with Crippen LogP contribution in [0.3, 0.4) is 0 Å². The maximum absolute atomic E-state index is 6.12. The molecule has 1 aliphatic heterocycles. The number of nitrogen functional groups attached to an aromatic ring is 2. The van der Waals surface area contributed by atoms with Gasteiger partial charge in [-0.15, -0.1) is 0 Å². The Morgan fingerprint density at radius 3 is 2.76 bits per heavy atom. The SMILES string of the molecule is CCCC1Oc2nc(N)cc3nc(N)nc(c23)NC1CC. The average molecular weight is 288 g/mol. The van der Waals surface area contributed by atoms with Gasteiger partial charge in [0, 0.05) is 6.07 Å². The molecule has 0 saturated carbocycles. The van der Waals surface area contributed by atoms with Gasteiger partial charge < -0.3 is 21.5 Å². The van der Waals surface area contributed by atoms with Crippen LogP contribution in [0.4, 0.5) is 17.6 Å². The highest BCUT2D eigenvalue weighted by atomic mass is 16.5. The van der Waals surface area contributed by atoms with Crippen LogP contribution in [0.1, 0.15) is 33.1 Å². The lowest BCUT2D eigenvalue weighted by Crippen LogP contribution is -2.36. The number of hydrogen-bond acceptors (Lipinski definition) is 7. The second-order valence-corrected chi connectivity index (χ2v) is 5.28. The van der Waals surface area contributed by atoms with Gasteiger partial charge in [0.15, 0.2) is 0 Å². The van der Waals surface area contributed by atoms with Gasteiger partial charge in [-0.2, -0.15) is 9.97 Å². The van der Waals surface area contributed by atoms with Crippen LogP contribution in [0.2, 0.25) is 0 Å². The van der Waals surface area contributed by atoms with Crippen molar-refractivity contribution in [2.24, 2.45) is 0 Å². The highest BCUT2D eigenvalue weighted by Crippen LogP contribution is 2.35. The molecule has 0 bridgehead atoms. The molecule has 2 aromatic heterocycles. The molecule has 0 radical (unpaired) electrons. The van der Waals surface area contributed by atoms with Crippen molar-refractivity contribution in [1.82, 2.24) is 15.0 Å². The number of rotatable bonds is 3. The van der Waals surface area contributed by atoms with E-state index in [2.05, 4.69) is 34.1 Å². The molecular weight excluding hydrogens is 268 g/mol. The average Bonchev–Trinajstić information content (AvgIpc) is 2.56. The number of aromatic nitrogens is 3. The summed E-state index contributed by atoms with van der Waals surface area (Å²) in [5.74, 6) is 1.74. The monoisotopic (exact) mass is 288 g/mol. The topological polar surface area (TPSA) is 112 Å². The number of pyridine rings is 1. The molecule has 0 aliphatic carbocycles. The van der Waals surface area contributed by atoms with Gasteiger partial charge in [0.05, 0.1) is 11.6 Å². The van der Waals surface area contributed by atoms with Crippen LogP contribution in [0, 0.1) is 0 Å². The minimum absolute atomic E-state index is 0.0212. The fraction of sp³-hybridized carbons (Fsp3) is 0.500. The van der Waals surface area contributed by atoms with E-state index in [4.69, 9.17) is 16.2 Å². The molecule has 112 valence electrons. The van der Waals surface area contributed by atoms with Crippen molar-refractivity contribution in [2.45, 2.75) is 45.3 Å². The molecule has 5 N–H and O–H groups in total. The molecule has 2 unspecified atom stereocenters. The van der Waals surface area contributed by atoms with E-state index in [1.807, 2.05) is 0 Å². The van der Waals surface area contributed by atoms with Crippen LogP contribution in [0.5, 0.6) is 5.88 Å². The first-order chi connectivity index (χ1) is 10.1. The summed E-state index contributed by atoms with van der Waals surface area (Å²) in [7, 11) is 0. The number of hydrogen-bond donors (Lipinski definition) is 3. The normalized spacial score (nSPS) is 20.7. The molecule has 0 fully saturated rings. The van der Waals surface area contributed by atoms with Gasteiger partial charge in [0.1, 0.15) is 23.1 Å². The smallest absolute Gasteiger partial charge is 0.229 e. The predicted octanol–water partition coefficient (Wildman–Crippen LogP) is 1.94. The first kappa shape index (κ1) is 13.7. The zero-order valence-electron chi connectivity index (χ0n) is 12.3. The first-order valence-corrected chi connectivity index (χ1v) is 7.29. The third kappa shape index (κ3) is 2.39. The van der Waals surface area contributed by atoms with Gasteiger partial charge in [-0.25, -0.2) is 4.98 Å². The van der Waals surface area contributed by atoms with Gasteiger partial charge in [-0.05, 0) is 12.8 Å². The number of anilines is 3. The highest BCUT2D eigenvalue weighted by molar-refractivity contribution is 5.95. The maximum atomic E-state index is 6.12. The summed E-state index contributed by atoms with van der Waals surface area (Å²) in [6.45, 7) is 4.25. The number of ether oxygens (including phenoxy) is 1. The molecule has 7 nitrogen and oxygen atoms in total.